The highest BCUT2D eigenvalue weighted by Crippen LogP contribution is 2.60. The Morgan fingerprint density at radius 1 is 1.23 bits per heavy atom. The Morgan fingerprint density at radius 2 is 1.93 bits per heavy atom. The lowest BCUT2D eigenvalue weighted by Gasteiger charge is -2.18. The average Bonchev–Trinajstić information content (AvgIpc) is 3.14. The van der Waals surface area contributed by atoms with Gasteiger partial charge < -0.3 is 30.1 Å². The Bertz CT molecular complexity index is 1050. The van der Waals surface area contributed by atoms with Crippen LogP contribution in [0.3, 0.4) is 0 Å². The van der Waals surface area contributed by atoms with Crippen LogP contribution in [0.4, 0.5) is 5.82 Å². The minimum absolute atomic E-state index is 0.0752. The first-order valence-electron chi connectivity index (χ1n) is 8.06. The molecule has 0 aromatic carbocycles. The first kappa shape index (κ1) is 22.7. The number of imidazole rings is 1. The molecule has 16 nitrogen and oxygen atoms in total. The van der Waals surface area contributed by atoms with Crippen LogP contribution in [-0.2, 0) is 32.0 Å². The highest BCUT2D eigenvalue weighted by atomic mass is 31.3. The number of carbonyl (C=O) groups is 1. The highest BCUT2D eigenvalue weighted by Gasteiger charge is 2.46. The summed E-state index contributed by atoms with van der Waals surface area (Å²) in [6.45, 7) is -0.0652. The van der Waals surface area contributed by atoms with Crippen molar-refractivity contribution in [2.75, 3.05) is 12.3 Å². The molecule has 0 amide bonds. The van der Waals surface area contributed by atoms with Gasteiger partial charge in [0, 0.05) is 6.92 Å². The summed E-state index contributed by atoms with van der Waals surface area (Å²) in [7, 11) is -10.4. The zero-order chi connectivity index (χ0) is 22.3. The molecule has 0 saturated carbocycles. The van der Waals surface area contributed by atoms with Crippen LogP contribution in [0.25, 0.3) is 11.2 Å². The monoisotopic (exact) mass is 469 g/mol. The van der Waals surface area contributed by atoms with Crippen LogP contribution in [0.5, 0.6) is 0 Å². The van der Waals surface area contributed by atoms with Gasteiger partial charge in [-0.25, -0.2) is 24.1 Å². The summed E-state index contributed by atoms with van der Waals surface area (Å²) in [5, 5.41) is 20.5. The van der Waals surface area contributed by atoms with E-state index >= 15 is 0 Å². The molecule has 6 N–H and O–H groups in total. The van der Waals surface area contributed by atoms with Crippen molar-refractivity contribution in [3.05, 3.63) is 12.7 Å². The van der Waals surface area contributed by atoms with Crippen molar-refractivity contribution in [1.29, 1.82) is 0 Å². The van der Waals surface area contributed by atoms with E-state index in [9.17, 15) is 33.9 Å². The first-order chi connectivity index (χ1) is 13.9. The van der Waals surface area contributed by atoms with E-state index in [2.05, 4.69) is 28.3 Å². The van der Waals surface area contributed by atoms with Crippen LogP contribution >= 0.6 is 15.6 Å². The molecule has 3 rings (SSSR count). The van der Waals surface area contributed by atoms with E-state index in [0.29, 0.717) is 0 Å². The van der Waals surface area contributed by atoms with E-state index in [1.54, 1.807) is 0 Å². The van der Waals surface area contributed by atoms with Gasteiger partial charge in [-0.15, -0.1) is 0 Å². The zero-order valence-corrected chi connectivity index (χ0v) is 16.9. The van der Waals surface area contributed by atoms with Crippen LogP contribution in [-0.4, -0.2) is 70.4 Å². The van der Waals surface area contributed by atoms with E-state index in [-0.39, 0.29) is 17.0 Å². The number of nitrogen functional groups attached to an aromatic ring is 1. The Labute approximate surface area is 167 Å². The van der Waals surface area contributed by atoms with Gasteiger partial charge in [-0.05, 0) is 0 Å². The lowest BCUT2D eigenvalue weighted by molar-refractivity contribution is -0.133. The molecule has 2 aromatic rings. The molecule has 166 valence electrons. The topological polar surface area (TPSA) is 239 Å². The molecule has 3 unspecified atom stereocenters. The molecule has 1 aliphatic rings. The van der Waals surface area contributed by atoms with Crippen LogP contribution in [0.1, 0.15) is 13.2 Å². The third-order valence-corrected chi connectivity index (χ3v) is 6.46. The molecule has 1 aliphatic heterocycles. The van der Waals surface area contributed by atoms with E-state index in [1.807, 2.05) is 0 Å². The van der Waals surface area contributed by atoms with Crippen molar-refractivity contribution in [2.45, 2.75) is 31.5 Å². The van der Waals surface area contributed by atoms with E-state index < -0.39 is 52.8 Å². The number of aliphatic hydroxyl groups is 2. The molecule has 0 spiro atoms. The molecular weight excluding hydrogens is 452 g/mol. The SMILES string of the molecule is CC(=O)OP(=O)(O)OP(=O)(O)OC[C@H]1O[C@@H](n2cnc3c(N)ncnc32)[C@@H](O)C1O. The second-order valence-electron chi connectivity index (χ2n) is 6.03. The Kier molecular flexibility index (Phi) is 6.25. The predicted molar refractivity (Wildman–Crippen MR) is 94.1 cm³/mol. The van der Waals surface area contributed by atoms with Gasteiger partial charge in [-0.1, -0.05) is 0 Å². The largest absolute Gasteiger partial charge is 0.538 e. The molecule has 0 radical (unpaired) electrons. The molecule has 0 bridgehead atoms. The van der Waals surface area contributed by atoms with E-state index in [4.69, 9.17) is 10.5 Å². The summed E-state index contributed by atoms with van der Waals surface area (Å²) in [6, 6.07) is 0. The number of hydrogen-bond donors (Lipinski definition) is 5. The van der Waals surface area contributed by atoms with Crippen molar-refractivity contribution in [1.82, 2.24) is 19.5 Å². The van der Waals surface area contributed by atoms with Gasteiger partial charge in [0.2, 0.25) is 0 Å². The van der Waals surface area contributed by atoms with Gasteiger partial charge in [0.1, 0.15) is 30.2 Å². The Morgan fingerprint density at radius 3 is 2.60 bits per heavy atom. The summed E-state index contributed by atoms with van der Waals surface area (Å²) < 4.78 is 42.3. The fourth-order valence-electron chi connectivity index (χ4n) is 2.65. The maximum atomic E-state index is 11.8. The number of hydrogen-bond acceptors (Lipinski definition) is 13. The van der Waals surface area contributed by atoms with Gasteiger partial charge in [-0.2, -0.15) is 4.31 Å². The minimum atomic E-state index is -5.22. The lowest BCUT2D eigenvalue weighted by Crippen LogP contribution is -2.33. The van der Waals surface area contributed by atoms with E-state index in [1.165, 1.54) is 10.9 Å². The minimum Gasteiger partial charge on any atom is -0.387 e. The van der Waals surface area contributed by atoms with Crippen molar-refractivity contribution in [2.24, 2.45) is 0 Å². The Balaban J connectivity index is 1.70. The highest BCUT2D eigenvalue weighted by molar-refractivity contribution is 7.61. The summed E-state index contributed by atoms with van der Waals surface area (Å²) in [5.41, 5.74) is 6.10. The maximum absolute atomic E-state index is 11.8. The zero-order valence-electron chi connectivity index (χ0n) is 15.1. The van der Waals surface area contributed by atoms with Crippen molar-refractivity contribution in [3.8, 4) is 0 Å². The number of anilines is 1. The summed E-state index contributed by atoms with van der Waals surface area (Å²) >= 11 is 0. The number of carbonyl (C=O) groups excluding carboxylic acids is 1. The number of ether oxygens (including phenoxy) is 1. The van der Waals surface area contributed by atoms with Crippen LogP contribution in [0, 0.1) is 0 Å². The van der Waals surface area contributed by atoms with Crippen molar-refractivity contribution >= 4 is 38.6 Å². The number of nitrogens with zero attached hydrogens (tertiary/aromatic N) is 4. The second-order valence-corrected chi connectivity index (χ2v) is 8.99. The molecule has 18 heteroatoms. The van der Waals surface area contributed by atoms with Gasteiger partial charge >= 0.3 is 21.6 Å². The molecule has 30 heavy (non-hydrogen) atoms. The molecule has 1 fully saturated rings. The third kappa shape index (κ3) is 4.83. The van der Waals surface area contributed by atoms with E-state index in [0.717, 1.165) is 13.3 Å². The van der Waals surface area contributed by atoms with Crippen LogP contribution < -0.4 is 5.73 Å². The molecule has 0 aliphatic carbocycles. The first-order valence-corrected chi connectivity index (χ1v) is 11.1. The Hall–Kier alpha value is -2.00. The quantitative estimate of drug-likeness (QED) is 0.300. The fraction of sp³-hybridized carbons (Fsp3) is 0.500. The molecule has 2 aromatic heterocycles. The lowest BCUT2D eigenvalue weighted by atomic mass is 10.1. The number of phosphoric ester groups is 2. The predicted octanol–water partition coefficient (Wildman–Crippen LogP) is -1.18. The second kappa shape index (κ2) is 8.26. The summed E-state index contributed by atoms with van der Waals surface area (Å²) in [6.07, 6.45) is -3.32. The van der Waals surface area contributed by atoms with Gasteiger partial charge in [0.15, 0.2) is 17.7 Å². The molecular formula is C12H17N5O11P2. The fourth-order valence-corrected chi connectivity index (χ4v) is 4.68. The van der Waals surface area contributed by atoms with Gasteiger partial charge in [-0.3, -0.25) is 18.8 Å². The number of fused-ring (bicyclic) bond motifs is 1. The smallest absolute Gasteiger partial charge is 0.387 e. The number of phosphoric acid groups is 2. The van der Waals surface area contributed by atoms with Gasteiger partial charge in [0.25, 0.3) is 0 Å². The van der Waals surface area contributed by atoms with Crippen molar-refractivity contribution in [3.63, 3.8) is 0 Å². The third-order valence-electron chi connectivity index (χ3n) is 3.85. The number of rotatable bonds is 7. The summed E-state index contributed by atoms with van der Waals surface area (Å²) in [5.74, 6) is -1.16. The molecule has 1 saturated heterocycles. The molecule has 3 heterocycles. The molecule has 6 atom stereocenters. The number of aromatic nitrogens is 4. The summed E-state index contributed by atoms with van der Waals surface area (Å²) in [4.78, 5) is 41.2. The number of nitrogens with two attached hydrogens (primary N) is 1. The standard InChI is InChI=1S/C12H17N5O11P2/c1-5(18)27-30(23,24)28-29(21,22)25-2-6-8(19)9(20)12(26-6)17-4-16-7-10(13)14-3-15-11(7)17/h3-4,6,8-9,12,19-20H,2H2,1H3,(H,21,22)(H,23,24)(H2,13,14,15)/t6-,8?,9+,12-/m1/s1. The van der Waals surface area contributed by atoms with Crippen LogP contribution in [0.2, 0.25) is 0 Å². The van der Waals surface area contributed by atoms with Crippen LogP contribution in [0.15, 0.2) is 12.7 Å². The number of aliphatic hydroxyl groups excluding tert-OH is 2. The van der Waals surface area contributed by atoms with Gasteiger partial charge in [0.05, 0.1) is 12.9 Å². The average molecular weight is 469 g/mol. The van der Waals surface area contributed by atoms with Crippen molar-refractivity contribution < 1.29 is 52.0 Å². The maximum Gasteiger partial charge on any atom is 0.538 e. The normalized spacial score (nSPS) is 28.2.